The van der Waals surface area contributed by atoms with Crippen LogP contribution in [-0.2, 0) is 11.8 Å². The van der Waals surface area contributed by atoms with Crippen LogP contribution < -0.4 is 4.74 Å². The molecule has 0 fully saturated rings. The highest BCUT2D eigenvalue weighted by Crippen LogP contribution is 2.33. The first-order valence-electron chi connectivity index (χ1n) is 6.62. The first-order valence-corrected chi connectivity index (χ1v) is 6.62. The molecular formula is C16H15N3O2. The van der Waals surface area contributed by atoms with Gasteiger partial charge < -0.3 is 9.30 Å². The van der Waals surface area contributed by atoms with Crippen molar-refractivity contribution in [2.24, 2.45) is 7.05 Å². The van der Waals surface area contributed by atoms with E-state index in [0.29, 0.717) is 5.75 Å². The van der Waals surface area contributed by atoms with Crippen LogP contribution in [-0.4, -0.2) is 20.5 Å². The molecule has 0 bridgehead atoms. The standard InChI is InChI=1S/C16H15N3O2/c1-10-4-5-12(14(8-10)21-11(2)20)15-13-6-7-19(3)16(13)18-9-17-15/h4-9H,1-3H3. The SMILES string of the molecule is CC(=O)Oc1cc(C)ccc1-c1ncnc2c1ccn2C. The van der Waals surface area contributed by atoms with Crippen molar-refractivity contribution in [1.82, 2.24) is 14.5 Å². The predicted molar refractivity (Wildman–Crippen MR) is 80.0 cm³/mol. The van der Waals surface area contributed by atoms with Gasteiger partial charge in [0.1, 0.15) is 17.7 Å². The maximum Gasteiger partial charge on any atom is 0.308 e. The van der Waals surface area contributed by atoms with Gasteiger partial charge in [-0.1, -0.05) is 6.07 Å². The average Bonchev–Trinajstić information content (AvgIpc) is 2.81. The van der Waals surface area contributed by atoms with E-state index < -0.39 is 0 Å². The van der Waals surface area contributed by atoms with E-state index in [2.05, 4.69) is 9.97 Å². The minimum atomic E-state index is -0.347. The van der Waals surface area contributed by atoms with E-state index in [1.807, 2.05) is 49.0 Å². The van der Waals surface area contributed by atoms with Crippen molar-refractivity contribution in [3.63, 3.8) is 0 Å². The minimum Gasteiger partial charge on any atom is -0.426 e. The van der Waals surface area contributed by atoms with Crippen molar-refractivity contribution in [2.75, 3.05) is 0 Å². The first kappa shape index (κ1) is 13.3. The van der Waals surface area contributed by atoms with Gasteiger partial charge in [0, 0.05) is 31.1 Å². The fourth-order valence-electron chi connectivity index (χ4n) is 2.36. The number of benzene rings is 1. The summed E-state index contributed by atoms with van der Waals surface area (Å²) in [4.78, 5) is 20.0. The minimum absolute atomic E-state index is 0.347. The summed E-state index contributed by atoms with van der Waals surface area (Å²) >= 11 is 0. The number of nitrogens with zero attached hydrogens (tertiary/aromatic N) is 3. The molecule has 106 valence electrons. The lowest BCUT2D eigenvalue weighted by molar-refractivity contribution is -0.131. The second kappa shape index (κ2) is 5.01. The lowest BCUT2D eigenvalue weighted by Crippen LogP contribution is -2.03. The van der Waals surface area contributed by atoms with Gasteiger partial charge in [-0.05, 0) is 30.7 Å². The van der Waals surface area contributed by atoms with Crippen molar-refractivity contribution in [3.05, 3.63) is 42.4 Å². The Labute approximate surface area is 122 Å². The third-order valence-electron chi connectivity index (χ3n) is 3.31. The fourth-order valence-corrected chi connectivity index (χ4v) is 2.36. The van der Waals surface area contributed by atoms with Gasteiger partial charge in [-0.15, -0.1) is 0 Å². The molecule has 0 atom stereocenters. The molecule has 0 saturated heterocycles. The fraction of sp³-hybridized carbons (Fsp3) is 0.188. The van der Waals surface area contributed by atoms with E-state index in [0.717, 1.165) is 27.9 Å². The van der Waals surface area contributed by atoms with Crippen LogP contribution in [0, 0.1) is 6.92 Å². The predicted octanol–water partition coefficient (Wildman–Crippen LogP) is 2.87. The zero-order valence-corrected chi connectivity index (χ0v) is 12.1. The van der Waals surface area contributed by atoms with Gasteiger partial charge in [-0.2, -0.15) is 0 Å². The average molecular weight is 281 g/mol. The summed E-state index contributed by atoms with van der Waals surface area (Å²) in [5.74, 6) is 0.173. The normalized spacial score (nSPS) is 10.8. The molecule has 2 aromatic heterocycles. The maximum atomic E-state index is 11.3. The summed E-state index contributed by atoms with van der Waals surface area (Å²) in [6.45, 7) is 3.35. The monoisotopic (exact) mass is 281 g/mol. The molecule has 0 aliphatic carbocycles. The Morgan fingerprint density at radius 3 is 2.81 bits per heavy atom. The van der Waals surface area contributed by atoms with Crippen molar-refractivity contribution in [3.8, 4) is 17.0 Å². The summed E-state index contributed by atoms with van der Waals surface area (Å²) < 4.78 is 7.26. The summed E-state index contributed by atoms with van der Waals surface area (Å²) in [7, 11) is 1.93. The topological polar surface area (TPSA) is 57.0 Å². The lowest BCUT2D eigenvalue weighted by Gasteiger charge is -2.10. The Morgan fingerprint density at radius 1 is 1.24 bits per heavy atom. The molecule has 2 heterocycles. The summed E-state index contributed by atoms with van der Waals surface area (Å²) in [6, 6.07) is 7.69. The van der Waals surface area contributed by atoms with Crippen molar-refractivity contribution in [1.29, 1.82) is 0 Å². The Balaban J connectivity index is 2.25. The Bertz CT molecular complexity index is 837. The number of carbonyl (C=O) groups is 1. The molecule has 0 spiro atoms. The highest BCUT2D eigenvalue weighted by Gasteiger charge is 2.14. The Kier molecular flexibility index (Phi) is 3.17. The summed E-state index contributed by atoms with van der Waals surface area (Å²) in [5, 5.41) is 0.928. The van der Waals surface area contributed by atoms with Crippen molar-refractivity contribution in [2.45, 2.75) is 13.8 Å². The number of rotatable bonds is 2. The van der Waals surface area contributed by atoms with Gasteiger partial charge in [0.05, 0.1) is 5.69 Å². The molecule has 0 aliphatic heterocycles. The van der Waals surface area contributed by atoms with Crippen LogP contribution in [0.2, 0.25) is 0 Å². The van der Waals surface area contributed by atoms with Crippen LogP contribution in [0.25, 0.3) is 22.3 Å². The molecule has 0 aliphatic rings. The van der Waals surface area contributed by atoms with Crippen LogP contribution in [0.5, 0.6) is 5.75 Å². The number of esters is 1. The van der Waals surface area contributed by atoms with Gasteiger partial charge in [-0.3, -0.25) is 4.79 Å². The number of carbonyl (C=O) groups excluding carboxylic acids is 1. The number of fused-ring (bicyclic) bond motifs is 1. The molecule has 0 N–H and O–H groups in total. The van der Waals surface area contributed by atoms with Crippen LogP contribution in [0.3, 0.4) is 0 Å². The smallest absolute Gasteiger partial charge is 0.308 e. The molecule has 3 aromatic rings. The Hall–Kier alpha value is -2.69. The molecule has 0 radical (unpaired) electrons. The summed E-state index contributed by atoms with van der Waals surface area (Å²) in [5.41, 5.74) is 3.41. The quantitative estimate of drug-likeness (QED) is 0.535. The molecule has 0 unspecified atom stereocenters. The first-order chi connectivity index (χ1) is 10.1. The second-order valence-corrected chi connectivity index (χ2v) is 4.98. The molecule has 5 nitrogen and oxygen atoms in total. The van der Waals surface area contributed by atoms with E-state index in [1.54, 1.807) is 0 Å². The highest BCUT2D eigenvalue weighted by molar-refractivity contribution is 5.93. The molecular weight excluding hydrogens is 266 g/mol. The van der Waals surface area contributed by atoms with Gasteiger partial charge in [0.25, 0.3) is 0 Å². The lowest BCUT2D eigenvalue weighted by atomic mass is 10.1. The highest BCUT2D eigenvalue weighted by atomic mass is 16.5. The molecule has 1 aromatic carbocycles. The van der Waals surface area contributed by atoms with E-state index in [-0.39, 0.29) is 5.97 Å². The molecule has 5 heteroatoms. The Morgan fingerprint density at radius 2 is 2.05 bits per heavy atom. The van der Waals surface area contributed by atoms with Crippen LogP contribution in [0.4, 0.5) is 0 Å². The third-order valence-corrected chi connectivity index (χ3v) is 3.31. The van der Waals surface area contributed by atoms with Gasteiger partial charge in [-0.25, -0.2) is 9.97 Å². The molecule has 0 saturated carbocycles. The molecule has 0 amide bonds. The number of aromatic nitrogens is 3. The van der Waals surface area contributed by atoms with Crippen molar-refractivity contribution >= 4 is 17.0 Å². The zero-order chi connectivity index (χ0) is 15.0. The van der Waals surface area contributed by atoms with Crippen LogP contribution in [0.1, 0.15) is 12.5 Å². The number of aryl methyl sites for hydroxylation is 2. The largest absolute Gasteiger partial charge is 0.426 e. The van der Waals surface area contributed by atoms with Gasteiger partial charge in [0.2, 0.25) is 0 Å². The van der Waals surface area contributed by atoms with E-state index in [4.69, 9.17) is 4.74 Å². The third kappa shape index (κ3) is 2.38. The number of hydrogen-bond donors (Lipinski definition) is 0. The summed E-state index contributed by atoms with van der Waals surface area (Å²) in [6.07, 6.45) is 3.46. The van der Waals surface area contributed by atoms with Crippen LogP contribution >= 0.6 is 0 Å². The second-order valence-electron chi connectivity index (χ2n) is 4.98. The molecule has 3 rings (SSSR count). The van der Waals surface area contributed by atoms with Gasteiger partial charge >= 0.3 is 5.97 Å². The number of hydrogen-bond acceptors (Lipinski definition) is 4. The van der Waals surface area contributed by atoms with Crippen LogP contribution in [0.15, 0.2) is 36.8 Å². The molecule has 21 heavy (non-hydrogen) atoms. The van der Waals surface area contributed by atoms with Crippen molar-refractivity contribution < 1.29 is 9.53 Å². The van der Waals surface area contributed by atoms with E-state index in [1.165, 1.54) is 13.3 Å². The zero-order valence-electron chi connectivity index (χ0n) is 12.1. The number of ether oxygens (including phenoxy) is 1. The maximum absolute atomic E-state index is 11.3. The van der Waals surface area contributed by atoms with E-state index in [9.17, 15) is 4.79 Å². The van der Waals surface area contributed by atoms with E-state index >= 15 is 0 Å². The van der Waals surface area contributed by atoms with Gasteiger partial charge in [0.15, 0.2) is 0 Å².